The van der Waals surface area contributed by atoms with Gasteiger partial charge in [0.25, 0.3) is 0 Å². The molecule has 1 aliphatic heterocycles. The molecule has 0 aromatic heterocycles. The van der Waals surface area contributed by atoms with Crippen molar-refractivity contribution < 1.29 is 4.74 Å². The van der Waals surface area contributed by atoms with Crippen molar-refractivity contribution in [3.63, 3.8) is 0 Å². The summed E-state index contributed by atoms with van der Waals surface area (Å²) >= 11 is 0. The monoisotopic (exact) mass is 403 g/mol. The molecule has 1 saturated heterocycles. The summed E-state index contributed by atoms with van der Waals surface area (Å²) in [7, 11) is 0. The quantitative estimate of drug-likeness (QED) is 0.479. The van der Waals surface area contributed by atoms with Crippen molar-refractivity contribution in [2.24, 2.45) is 0 Å². The van der Waals surface area contributed by atoms with Gasteiger partial charge in [-0.2, -0.15) is 5.26 Å². The van der Waals surface area contributed by atoms with Gasteiger partial charge in [0, 0.05) is 31.9 Å². The molecular formula is C26H33N3O. The van der Waals surface area contributed by atoms with Gasteiger partial charge in [-0.3, -0.25) is 4.90 Å². The lowest BCUT2D eigenvalue weighted by atomic mass is 9.97. The Kier molecular flexibility index (Phi) is 9.86. The largest absolute Gasteiger partial charge is 0.384 e. The summed E-state index contributed by atoms with van der Waals surface area (Å²) in [5.74, 6) is 0. The summed E-state index contributed by atoms with van der Waals surface area (Å²) in [6, 6.07) is 15.0. The lowest BCUT2D eigenvalue weighted by Crippen LogP contribution is -2.38. The molecule has 0 bridgehead atoms. The number of nitriles is 1. The minimum absolute atomic E-state index is 0.582. The van der Waals surface area contributed by atoms with E-state index in [4.69, 9.17) is 4.74 Å². The number of anilines is 1. The zero-order valence-corrected chi connectivity index (χ0v) is 18.4. The van der Waals surface area contributed by atoms with Crippen LogP contribution in [0.15, 0.2) is 66.8 Å². The van der Waals surface area contributed by atoms with Crippen molar-refractivity contribution in [1.82, 2.24) is 4.90 Å². The zero-order valence-electron chi connectivity index (χ0n) is 18.4. The van der Waals surface area contributed by atoms with Crippen molar-refractivity contribution in [3.05, 3.63) is 72.3 Å². The van der Waals surface area contributed by atoms with Gasteiger partial charge < -0.3 is 10.1 Å². The van der Waals surface area contributed by atoms with Gasteiger partial charge in [0.05, 0.1) is 24.9 Å². The number of morpholine rings is 1. The average molecular weight is 404 g/mol. The first-order valence-corrected chi connectivity index (χ1v) is 10.7. The molecule has 0 spiro atoms. The fourth-order valence-corrected chi connectivity index (χ4v) is 3.43. The van der Waals surface area contributed by atoms with Crippen molar-refractivity contribution in [2.45, 2.75) is 20.8 Å². The first-order chi connectivity index (χ1) is 14.7. The molecule has 158 valence electrons. The highest BCUT2D eigenvalue weighted by atomic mass is 16.5. The molecule has 30 heavy (non-hydrogen) atoms. The summed E-state index contributed by atoms with van der Waals surface area (Å²) in [5.41, 5.74) is 3.63. The third kappa shape index (κ3) is 6.32. The van der Waals surface area contributed by atoms with Gasteiger partial charge >= 0.3 is 0 Å². The predicted molar refractivity (Wildman–Crippen MR) is 129 cm³/mol. The Morgan fingerprint density at radius 3 is 2.53 bits per heavy atom. The molecule has 0 unspecified atom stereocenters. The van der Waals surface area contributed by atoms with E-state index in [0.717, 1.165) is 61.6 Å². The molecule has 0 radical (unpaired) electrons. The predicted octanol–water partition coefficient (Wildman–Crippen LogP) is 5.65. The van der Waals surface area contributed by atoms with Crippen molar-refractivity contribution in [2.75, 3.05) is 44.7 Å². The van der Waals surface area contributed by atoms with E-state index >= 15 is 0 Å². The lowest BCUT2D eigenvalue weighted by molar-refractivity contribution is 0.0398. The molecule has 4 nitrogen and oxygen atoms in total. The second-order valence-corrected chi connectivity index (χ2v) is 6.80. The van der Waals surface area contributed by atoms with Crippen LogP contribution in [0.4, 0.5) is 5.69 Å². The van der Waals surface area contributed by atoms with Gasteiger partial charge in [0.2, 0.25) is 0 Å². The maximum Gasteiger partial charge on any atom is 0.0997 e. The fourth-order valence-electron chi connectivity index (χ4n) is 3.43. The Hall–Kier alpha value is -2.87. The van der Waals surface area contributed by atoms with Gasteiger partial charge in [0.1, 0.15) is 0 Å². The minimum Gasteiger partial charge on any atom is -0.384 e. The number of fused-ring (bicyclic) bond motifs is 1. The first kappa shape index (κ1) is 23.4. The SMILES string of the molecule is C=C/C(C#N)=C(\C=C/C)c1ccc2cc(NCCN3CCOCC3)ccc2c1.CC. The van der Waals surface area contributed by atoms with Crippen molar-refractivity contribution in [3.8, 4) is 6.07 Å². The van der Waals surface area contributed by atoms with Crippen LogP contribution in [0.25, 0.3) is 16.3 Å². The maximum absolute atomic E-state index is 9.38. The van der Waals surface area contributed by atoms with Crippen molar-refractivity contribution in [1.29, 1.82) is 5.26 Å². The molecule has 0 aliphatic carbocycles. The smallest absolute Gasteiger partial charge is 0.0997 e. The Morgan fingerprint density at radius 1 is 1.17 bits per heavy atom. The second kappa shape index (κ2) is 12.6. The molecular weight excluding hydrogens is 370 g/mol. The van der Waals surface area contributed by atoms with Crippen LogP contribution in [-0.4, -0.2) is 44.3 Å². The third-order valence-corrected chi connectivity index (χ3v) is 4.96. The van der Waals surface area contributed by atoms with Crippen LogP contribution < -0.4 is 5.32 Å². The van der Waals surface area contributed by atoms with E-state index in [1.807, 2.05) is 32.9 Å². The Bertz CT molecular complexity index is 931. The number of ether oxygens (including phenoxy) is 1. The van der Waals surface area contributed by atoms with E-state index in [1.54, 1.807) is 6.08 Å². The number of nitrogens with zero attached hydrogens (tertiary/aromatic N) is 2. The first-order valence-electron chi connectivity index (χ1n) is 10.7. The van der Waals surface area contributed by atoms with E-state index in [-0.39, 0.29) is 0 Å². The van der Waals surface area contributed by atoms with Gasteiger partial charge in [-0.15, -0.1) is 0 Å². The molecule has 3 rings (SSSR count). The number of hydrogen-bond donors (Lipinski definition) is 1. The molecule has 2 aromatic rings. The molecule has 0 amide bonds. The van der Waals surface area contributed by atoms with Gasteiger partial charge in [-0.25, -0.2) is 0 Å². The third-order valence-electron chi connectivity index (χ3n) is 4.96. The van der Waals surface area contributed by atoms with Crippen LogP contribution in [0.2, 0.25) is 0 Å². The summed E-state index contributed by atoms with van der Waals surface area (Å²) in [5, 5.41) is 15.2. The van der Waals surface area contributed by atoms with Crippen LogP contribution >= 0.6 is 0 Å². The minimum atomic E-state index is 0.582. The molecule has 1 fully saturated rings. The average Bonchev–Trinajstić information content (AvgIpc) is 2.81. The van der Waals surface area contributed by atoms with Crippen LogP contribution in [0.1, 0.15) is 26.3 Å². The van der Waals surface area contributed by atoms with Crippen LogP contribution in [0.3, 0.4) is 0 Å². The molecule has 4 heteroatoms. The number of benzene rings is 2. The fraction of sp³-hybridized carbons (Fsp3) is 0.346. The summed E-state index contributed by atoms with van der Waals surface area (Å²) < 4.78 is 5.39. The molecule has 1 aliphatic rings. The molecule has 1 N–H and O–H groups in total. The lowest BCUT2D eigenvalue weighted by Gasteiger charge is -2.26. The Balaban J connectivity index is 0.00000155. The standard InChI is InChI=1S/C24H27N3O.C2H6/c1-3-5-24(19(4-2)18-25)22-7-6-21-17-23(9-8-20(21)16-22)26-10-11-27-12-14-28-15-13-27;1-2/h3-9,16-17,26H,2,10-15H2,1H3;1-2H3/b5-3-,24-19-;. The van der Waals surface area contributed by atoms with Crippen molar-refractivity contribution >= 4 is 22.0 Å². The van der Waals surface area contributed by atoms with Crippen LogP contribution in [0, 0.1) is 11.3 Å². The number of nitrogens with one attached hydrogen (secondary N) is 1. The molecule has 0 saturated carbocycles. The highest BCUT2D eigenvalue weighted by Crippen LogP contribution is 2.27. The highest BCUT2D eigenvalue weighted by Gasteiger charge is 2.09. The Morgan fingerprint density at radius 2 is 1.87 bits per heavy atom. The van der Waals surface area contributed by atoms with Crippen LogP contribution in [-0.2, 0) is 4.74 Å². The number of hydrogen-bond acceptors (Lipinski definition) is 4. The summed E-state index contributed by atoms with van der Waals surface area (Å²) in [4.78, 5) is 2.42. The van der Waals surface area contributed by atoms with E-state index in [2.05, 4.69) is 59.3 Å². The van der Waals surface area contributed by atoms with Crippen LogP contribution in [0.5, 0.6) is 0 Å². The summed E-state index contributed by atoms with van der Waals surface area (Å²) in [6.45, 7) is 15.4. The van der Waals surface area contributed by atoms with Gasteiger partial charge in [-0.1, -0.05) is 56.9 Å². The molecule has 1 heterocycles. The second-order valence-electron chi connectivity index (χ2n) is 6.80. The van der Waals surface area contributed by atoms with Gasteiger partial charge in [-0.05, 0) is 47.0 Å². The highest BCUT2D eigenvalue weighted by molar-refractivity contribution is 5.91. The zero-order chi connectivity index (χ0) is 21.8. The Labute approximate surface area is 181 Å². The molecule has 2 aromatic carbocycles. The van der Waals surface area contributed by atoms with E-state index < -0.39 is 0 Å². The van der Waals surface area contributed by atoms with Gasteiger partial charge in [0.15, 0.2) is 0 Å². The molecule has 0 atom stereocenters. The van der Waals surface area contributed by atoms with E-state index in [0.29, 0.717) is 5.57 Å². The topological polar surface area (TPSA) is 48.3 Å². The number of rotatable bonds is 7. The normalized spacial score (nSPS) is 15.1. The van der Waals surface area contributed by atoms with E-state index in [9.17, 15) is 5.26 Å². The maximum atomic E-state index is 9.38. The van der Waals surface area contributed by atoms with E-state index in [1.165, 1.54) is 5.39 Å². The number of allylic oxidation sites excluding steroid dienone is 5. The summed E-state index contributed by atoms with van der Waals surface area (Å²) in [6.07, 6.45) is 5.52.